The van der Waals surface area contributed by atoms with E-state index in [-0.39, 0.29) is 22.3 Å². The van der Waals surface area contributed by atoms with Gasteiger partial charge in [-0.25, -0.2) is 0 Å². The van der Waals surface area contributed by atoms with Crippen LogP contribution in [0.25, 0.3) is 21.9 Å². The van der Waals surface area contributed by atoms with Gasteiger partial charge in [-0.2, -0.15) is 0 Å². The van der Waals surface area contributed by atoms with Crippen molar-refractivity contribution in [2.24, 2.45) is 0 Å². The highest BCUT2D eigenvalue weighted by Gasteiger charge is 2.00. The second-order valence-electron chi connectivity index (χ2n) is 4.93. The second-order valence-corrected chi connectivity index (χ2v) is 4.93. The molecule has 0 aliphatic carbocycles. The van der Waals surface area contributed by atoms with Gasteiger partial charge in [0.2, 0.25) is 0 Å². The largest absolute Gasteiger partial charge is 0.0776 e. The van der Waals surface area contributed by atoms with Crippen LogP contribution in [0.5, 0.6) is 0 Å². The fraction of sp³-hybridized carbons (Fsp3) is 0.360. The molecule has 0 aromatic heterocycles. The Kier molecular flexibility index (Phi) is 15.9. The minimum Gasteiger partial charge on any atom is -0.0776 e. The summed E-state index contributed by atoms with van der Waals surface area (Å²) in [5.41, 5.74) is 5.18. The molecule has 0 nitrogen and oxygen atoms in total. The van der Waals surface area contributed by atoms with E-state index >= 15 is 0 Å². The molecule has 140 valence electrons. The summed E-state index contributed by atoms with van der Waals surface area (Å²) >= 11 is 0. The van der Waals surface area contributed by atoms with E-state index in [1.165, 1.54) is 33.0 Å². The molecule has 0 saturated carbocycles. The van der Waals surface area contributed by atoms with E-state index in [9.17, 15) is 0 Å². The molecule has 0 heteroatoms. The van der Waals surface area contributed by atoms with Gasteiger partial charge in [0.1, 0.15) is 0 Å². The van der Waals surface area contributed by atoms with Crippen LogP contribution in [-0.2, 0) is 0 Å². The first-order chi connectivity index (χ1) is 10.7. The summed E-state index contributed by atoms with van der Waals surface area (Å²) in [6, 6.07) is 22.0. The highest BCUT2D eigenvalue weighted by Crippen LogP contribution is 2.25. The van der Waals surface area contributed by atoms with Crippen molar-refractivity contribution >= 4 is 10.8 Å². The fourth-order valence-corrected chi connectivity index (χ4v) is 2.29. The van der Waals surface area contributed by atoms with Gasteiger partial charge in [0.15, 0.2) is 0 Å². The molecule has 0 aliphatic heterocycles. The lowest BCUT2D eigenvalue weighted by atomic mass is 9.99. The van der Waals surface area contributed by atoms with Gasteiger partial charge < -0.3 is 0 Å². The molecule has 0 spiro atoms. The first-order valence-electron chi connectivity index (χ1n) is 8.30. The summed E-state index contributed by atoms with van der Waals surface area (Å²) in [6.07, 6.45) is 0. The third kappa shape index (κ3) is 7.56. The zero-order valence-electron chi connectivity index (χ0n) is 14.8. The van der Waals surface area contributed by atoms with Crippen LogP contribution in [-0.4, -0.2) is 0 Å². The Morgan fingerprint density at radius 2 is 0.880 bits per heavy atom. The fourth-order valence-electron chi connectivity index (χ4n) is 2.29. The number of benzene rings is 3. The molecule has 0 radical (unpaired) electrons. The summed E-state index contributed by atoms with van der Waals surface area (Å²) in [7, 11) is 0. The zero-order valence-corrected chi connectivity index (χ0v) is 14.8. The van der Waals surface area contributed by atoms with E-state index in [0.29, 0.717) is 0 Å². The van der Waals surface area contributed by atoms with Crippen molar-refractivity contribution in [3.05, 3.63) is 71.8 Å². The highest BCUT2D eigenvalue weighted by molar-refractivity contribution is 5.87. The van der Waals surface area contributed by atoms with Crippen molar-refractivity contribution < 1.29 is 0 Å². The van der Waals surface area contributed by atoms with Gasteiger partial charge in [-0.05, 0) is 41.8 Å². The van der Waals surface area contributed by atoms with Gasteiger partial charge in [-0.15, -0.1) is 0 Å². The van der Waals surface area contributed by atoms with Crippen LogP contribution < -0.4 is 0 Å². The van der Waals surface area contributed by atoms with E-state index in [0.717, 1.165) is 0 Å². The summed E-state index contributed by atoms with van der Waals surface area (Å²) in [5.74, 6) is 0. The van der Waals surface area contributed by atoms with E-state index in [1.807, 2.05) is 27.7 Å². The summed E-state index contributed by atoms with van der Waals surface area (Å²) < 4.78 is 0. The first kappa shape index (κ1) is 27.8. The van der Waals surface area contributed by atoms with E-state index in [1.54, 1.807) is 0 Å². The molecule has 3 aromatic rings. The Balaban J connectivity index is -0.000000648. The van der Waals surface area contributed by atoms with Gasteiger partial charge >= 0.3 is 0 Å². The Bertz CT molecular complexity index is 691. The number of hydrogen-bond acceptors (Lipinski definition) is 0. The van der Waals surface area contributed by atoms with Crippen molar-refractivity contribution in [3.63, 3.8) is 0 Å². The molecule has 3 rings (SSSR count). The molecule has 0 fully saturated rings. The Labute approximate surface area is 157 Å². The highest BCUT2D eigenvalue weighted by atomic mass is 14.0. The number of aryl methyl sites for hydroxylation is 2. The SMILES string of the molecule is C.C.C.CC.CC.Cc1ccc(-c2ccc3ccc(C)cc3c2)cc1. The normalized spacial score (nSPS) is 8.24. The number of hydrogen-bond donors (Lipinski definition) is 0. The summed E-state index contributed by atoms with van der Waals surface area (Å²) in [5, 5.41) is 2.62. The van der Waals surface area contributed by atoms with E-state index in [4.69, 9.17) is 0 Å². The lowest BCUT2D eigenvalue weighted by molar-refractivity contribution is 1.47. The zero-order chi connectivity index (χ0) is 16.5. The van der Waals surface area contributed by atoms with E-state index in [2.05, 4.69) is 74.5 Å². The average Bonchev–Trinajstić information content (AvgIpc) is 2.58. The molecule has 0 saturated heterocycles. The Morgan fingerprint density at radius 3 is 1.44 bits per heavy atom. The van der Waals surface area contributed by atoms with Gasteiger partial charge in [0, 0.05) is 0 Å². The Morgan fingerprint density at radius 1 is 0.440 bits per heavy atom. The van der Waals surface area contributed by atoms with Crippen LogP contribution in [0.3, 0.4) is 0 Å². The monoisotopic (exact) mass is 340 g/mol. The van der Waals surface area contributed by atoms with Gasteiger partial charge in [0.25, 0.3) is 0 Å². The second kappa shape index (κ2) is 14.3. The third-order valence-corrected chi connectivity index (χ3v) is 3.38. The maximum atomic E-state index is 2.27. The van der Waals surface area contributed by atoms with Crippen LogP contribution in [0.1, 0.15) is 61.1 Å². The molecule has 0 atom stereocenters. The molecule has 25 heavy (non-hydrogen) atoms. The minimum absolute atomic E-state index is 0. The van der Waals surface area contributed by atoms with Gasteiger partial charge in [-0.1, -0.05) is 116 Å². The van der Waals surface area contributed by atoms with Crippen LogP contribution in [0, 0.1) is 13.8 Å². The van der Waals surface area contributed by atoms with Crippen molar-refractivity contribution in [1.82, 2.24) is 0 Å². The molecule has 0 aliphatic rings. The molecular formula is C25H40. The number of rotatable bonds is 1. The standard InChI is InChI=1S/C18H16.2C2H6.3CH4/c1-13-3-6-15(7-4-13)17-10-9-16-8-5-14(2)11-18(16)12-17;2*1-2;;;/h3-12H,1-2H3;2*1-2H3;3*1H4. The van der Waals surface area contributed by atoms with Crippen molar-refractivity contribution in [2.75, 3.05) is 0 Å². The average molecular weight is 341 g/mol. The molecule has 0 unspecified atom stereocenters. The van der Waals surface area contributed by atoms with Crippen molar-refractivity contribution in [1.29, 1.82) is 0 Å². The van der Waals surface area contributed by atoms with Crippen molar-refractivity contribution in [2.45, 2.75) is 63.8 Å². The van der Waals surface area contributed by atoms with Crippen LogP contribution in [0.2, 0.25) is 0 Å². The quantitative estimate of drug-likeness (QED) is 0.414. The molecule has 0 bridgehead atoms. The summed E-state index contributed by atoms with van der Waals surface area (Å²) in [4.78, 5) is 0. The molecule has 0 heterocycles. The molecule has 3 aromatic carbocycles. The topological polar surface area (TPSA) is 0 Å². The predicted molar refractivity (Wildman–Crippen MR) is 122 cm³/mol. The van der Waals surface area contributed by atoms with Gasteiger partial charge in [-0.3, -0.25) is 0 Å². The third-order valence-electron chi connectivity index (χ3n) is 3.38. The van der Waals surface area contributed by atoms with Gasteiger partial charge in [0.05, 0.1) is 0 Å². The smallest absolute Gasteiger partial charge is 0.0175 e. The van der Waals surface area contributed by atoms with Crippen molar-refractivity contribution in [3.8, 4) is 11.1 Å². The predicted octanol–water partition coefficient (Wildman–Crippen LogP) is 9.08. The van der Waals surface area contributed by atoms with Crippen LogP contribution >= 0.6 is 0 Å². The lowest BCUT2D eigenvalue weighted by Crippen LogP contribution is -1.81. The van der Waals surface area contributed by atoms with E-state index < -0.39 is 0 Å². The maximum Gasteiger partial charge on any atom is -0.0175 e. The first-order valence-corrected chi connectivity index (χ1v) is 8.30. The van der Waals surface area contributed by atoms with Crippen LogP contribution in [0.4, 0.5) is 0 Å². The summed E-state index contributed by atoms with van der Waals surface area (Å²) in [6.45, 7) is 12.3. The maximum absolute atomic E-state index is 2.27. The minimum atomic E-state index is 0. The number of fused-ring (bicyclic) bond motifs is 1. The molecule has 0 N–H and O–H groups in total. The lowest BCUT2D eigenvalue weighted by Gasteiger charge is -2.05. The Hall–Kier alpha value is -2.08. The molecule has 0 amide bonds. The van der Waals surface area contributed by atoms with Crippen LogP contribution in [0.15, 0.2) is 60.7 Å². The molecular weight excluding hydrogens is 300 g/mol.